The number of carbonyl (C=O) groups is 2. The quantitative estimate of drug-likeness (QED) is 0.818. The third-order valence-electron chi connectivity index (χ3n) is 3.00. The second-order valence-corrected chi connectivity index (χ2v) is 4.85. The zero-order valence-corrected chi connectivity index (χ0v) is 12.7. The lowest BCUT2D eigenvalue weighted by Crippen LogP contribution is -2.46. The highest BCUT2D eigenvalue weighted by molar-refractivity contribution is 7.80. The molecule has 1 aromatic rings. The second-order valence-electron chi connectivity index (χ2n) is 4.37. The van der Waals surface area contributed by atoms with E-state index in [0.29, 0.717) is 13.1 Å². The molecule has 0 spiro atoms. The first-order chi connectivity index (χ1) is 9.40. The molecule has 0 aliphatic heterocycles. The van der Waals surface area contributed by atoms with E-state index >= 15 is 0 Å². The van der Waals surface area contributed by atoms with E-state index in [9.17, 15) is 14.0 Å². The largest absolute Gasteiger partial charge is 0.341 e. The van der Waals surface area contributed by atoms with E-state index in [1.807, 2.05) is 13.8 Å². The number of hydrogen-bond donors (Lipinski definition) is 2. The SMILES string of the molecule is CCN(CC)C(=O)C(C)NC(=O)c1ccc(F)c(S)c1. The van der Waals surface area contributed by atoms with E-state index in [1.165, 1.54) is 18.2 Å². The van der Waals surface area contributed by atoms with Crippen molar-refractivity contribution >= 4 is 24.4 Å². The molecule has 0 aliphatic carbocycles. The van der Waals surface area contributed by atoms with Gasteiger partial charge in [-0.25, -0.2) is 4.39 Å². The minimum atomic E-state index is -0.629. The average Bonchev–Trinajstić information content (AvgIpc) is 2.42. The zero-order valence-electron chi connectivity index (χ0n) is 11.8. The van der Waals surface area contributed by atoms with Crippen LogP contribution in [0, 0.1) is 5.82 Å². The maximum absolute atomic E-state index is 13.1. The molecule has 0 fully saturated rings. The summed E-state index contributed by atoms with van der Waals surface area (Å²) in [6.07, 6.45) is 0. The lowest BCUT2D eigenvalue weighted by Gasteiger charge is -2.23. The first-order valence-corrected chi connectivity index (χ1v) is 6.93. The van der Waals surface area contributed by atoms with Crippen LogP contribution in [0.15, 0.2) is 23.1 Å². The molecule has 110 valence electrons. The van der Waals surface area contributed by atoms with E-state index in [4.69, 9.17) is 0 Å². The summed E-state index contributed by atoms with van der Waals surface area (Å²) in [5, 5.41) is 2.61. The molecular weight excluding hydrogens is 279 g/mol. The Hall–Kier alpha value is -1.56. The second kappa shape index (κ2) is 7.28. The van der Waals surface area contributed by atoms with Crippen LogP contribution in [0.5, 0.6) is 0 Å². The molecule has 0 aromatic heterocycles. The predicted molar refractivity (Wildman–Crippen MR) is 78.5 cm³/mol. The monoisotopic (exact) mass is 298 g/mol. The van der Waals surface area contributed by atoms with E-state index in [1.54, 1.807) is 11.8 Å². The van der Waals surface area contributed by atoms with Crippen LogP contribution in [-0.4, -0.2) is 35.8 Å². The van der Waals surface area contributed by atoms with Crippen LogP contribution in [0.1, 0.15) is 31.1 Å². The lowest BCUT2D eigenvalue weighted by atomic mass is 10.2. The van der Waals surface area contributed by atoms with E-state index < -0.39 is 17.8 Å². The van der Waals surface area contributed by atoms with Gasteiger partial charge in [0.15, 0.2) is 0 Å². The molecule has 0 aliphatic rings. The summed E-state index contributed by atoms with van der Waals surface area (Å²) in [5.41, 5.74) is 0.274. The molecule has 1 unspecified atom stereocenters. The molecule has 1 aromatic carbocycles. The van der Waals surface area contributed by atoms with Gasteiger partial charge in [-0.05, 0) is 39.0 Å². The van der Waals surface area contributed by atoms with Crippen molar-refractivity contribution in [3.05, 3.63) is 29.6 Å². The molecular formula is C14H19FN2O2S. The molecule has 1 N–H and O–H groups in total. The zero-order chi connectivity index (χ0) is 15.3. The normalized spacial score (nSPS) is 11.8. The number of nitrogens with zero attached hydrogens (tertiary/aromatic N) is 1. The predicted octanol–water partition coefficient (Wildman–Crippen LogP) is 2.10. The molecule has 20 heavy (non-hydrogen) atoms. The molecule has 2 amide bonds. The number of hydrogen-bond acceptors (Lipinski definition) is 3. The Bertz CT molecular complexity index is 504. The molecule has 1 atom stereocenters. The Morgan fingerprint density at radius 2 is 1.95 bits per heavy atom. The summed E-state index contributed by atoms with van der Waals surface area (Å²) < 4.78 is 13.1. The standard InChI is InChI=1S/C14H19FN2O2S/c1-4-17(5-2)14(19)9(3)16-13(18)10-6-7-11(15)12(20)8-10/h6-9,20H,4-5H2,1-3H3,(H,16,18). The Balaban J connectivity index is 2.74. The summed E-state index contributed by atoms with van der Waals surface area (Å²) in [6, 6.07) is 3.24. The number of benzene rings is 1. The Morgan fingerprint density at radius 1 is 1.35 bits per heavy atom. The van der Waals surface area contributed by atoms with Crippen LogP contribution in [0.2, 0.25) is 0 Å². The lowest BCUT2D eigenvalue weighted by molar-refractivity contribution is -0.132. The third-order valence-corrected chi connectivity index (χ3v) is 3.34. The van der Waals surface area contributed by atoms with Gasteiger partial charge in [0.1, 0.15) is 11.9 Å². The maximum atomic E-state index is 13.1. The highest BCUT2D eigenvalue weighted by atomic mass is 32.1. The fourth-order valence-electron chi connectivity index (χ4n) is 1.80. The number of likely N-dealkylation sites (N-methyl/N-ethyl adjacent to an activating group) is 1. The summed E-state index contributed by atoms with van der Waals surface area (Å²) in [4.78, 5) is 25.7. The van der Waals surface area contributed by atoms with Gasteiger partial charge in [0.2, 0.25) is 5.91 Å². The number of halogens is 1. The van der Waals surface area contributed by atoms with Gasteiger partial charge >= 0.3 is 0 Å². The fraction of sp³-hybridized carbons (Fsp3) is 0.429. The number of carbonyl (C=O) groups excluding carboxylic acids is 2. The highest BCUT2D eigenvalue weighted by Crippen LogP contribution is 2.14. The fourth-order valence-corrected chi connectivity index (χ4v) is 2.02. The van der Waals surface area contributed by atoms with Crippen molar-refractivity contribution in [2.24, 2.45) is 0 Å². The van der Waals surface area contributed by atoms with Gasteiger partial charge in [0, 0.05) is 23.5 Å². The van der Waals surface area contributed by atoms with E-state index in [2.05, 4.69) is 17.9 Å². The molecule has 0 saturated heterocycles. The van der Waals surface area contributed by atoms with Gasteiger partial charge in [-0.2, -0.15) is 0 Å². The highest BCUT2D eigenvalue weighted by Gasteiger charge is 2.20. The topological polar surface area (TPSA) is 49.4 Å². The van der Waals surface area contributed by atoms with Crippen molar-refractivity contribution in [1.29, 1.82) is 0 Å². The molecule has 0 bridgehead atoms. The van der Waals surface area contributed by atoms with Crippen LogP contribution < -0.4 is 5.32 Å². The average molecular weight is 298 g/mol. The van der Waals surface area contributed by atoms with Crippen LogP contribution in [-0.2, 0) is 4.79 Å². The first-order valence-electron chi connectivity index (χ1n) is 6.48. The van der Waals surface area contributed by atoms with Crippen molar-refractivity contribution in [2.45, 2.75) is 31.7 Å². The van der Waals surface area contributed by atoms with Crippen molar-refractivity contribution < 1.29 is 14.0 Å². The smallest absolute Gasteiger partial charge is 0.251 e. The molecule has 4 nitrogen and oxygen atoms in total. The summed E-state index contributed by atoms with van der Waals surface area (Å²) in [7, 11) is 0. The summed E-state index contributed by atoms with van der Waals surface area (Å²) in [5.74, 6) is -1.05. The maximum Gasteiger partial charge on any atom is 0.251 e. The van der Waals surface area contributed by atoms with Gasteiger partial charge in [-0.3, -0.25) is 9.59 Å². The molecule has 0 radical (unpaired) electrons. The molecule has 0 heterocycles. The van der Waals surface area contributed by atoms with Gasteiger partial charge in [-0.1, -0.05) is 0 Å². The third kappa shape index (κ3) is 3.96. The minimum Gasteiger partial charge on any atom is -0.341 e. The number of nitrogens with one attached hydrogen (secondary N) is 1. The van der Waals surface area contributed by atoms with Gasteiger partial charge in [-0.15, -0.1) is 12.6 Å². The van der Waals surface area contributed by atoms with Gasteiger partial charge in [0.25, 0.3) is 5.91 Å². The molecule has 6 heteroatoms. The number of rotatable bonds is 5. The van der Waals surface area contributed by atoms with Crippen molar-refractivity contribution in [3.63, 3.8) is 0 Å². The minimum absolute atomic E-state index is 0.0976. The summed E-state index contributed by atoms with van der Waals surface area (Å²) in [6.45, 7) is 6.57. The first kappa shape index (κ1) is 16.5. The molecule has 1 rings (SSSR count). The van der Waals surface area contributed by atoms with E-state index in [-0.39, 0.29) is 16.4 Å². The van der Waals surface area contributed by atoms with E-state index in [0.717, 1.165) is 0 Å². The van der Waals surface area contributed by atoms with Crippen LogP contribution >= 0.6 is 12.6 Å². The van der Waals surface area contributed by atoms with Gasteiger partial charge in [0.05, 0.1) is 0 Å². The Labute approximate surface area is 123 Å². The van der Waals surface area contributed by atoms with Crippen LogP contribution in [0.4, 0.5) is 4.39 Å². The van der Waals surface area contributed by atoms with Crippen molar-refractivity contribution in [1.82, 2.24) is 10.2 Å². The Morgan fingerprint density at radius 3 is 2.45 bits per heavy atom. The number of amides is 2. The van der Waals surface area contributed by atoms with Crippen molar-refractivity contribution in [2.75, 3.05) is 13.1 Å². The van der Waals surface area contributed by atoms with Crippen LogP contribution in [0.25, 0.3) is 0 Å². The number of thiol groups is 1. The van der Waals surface area contributed by atoms with Gasteiger partial charge < -0.3 is 10.2 Å². The Kier molecular flexibility index (Phi) is 6.01. The summed E-state index contributed by atoms with van der Waals surface area (Å²) >= 11 is 3.93. The van der Waals surface area contributed by atoms with Crippen LogP contribution in [0.3, 0.4) is 0 Å². The van der Waals surface area contributed by atoms with Crippen molar-refractivity contribution in [3.8, 4) is 0 Å². The molecule has 0 saturated carbocycles.